The van der Waals surface area contributed by atoms with Crippen LogP contribution < -0.4 is 11.5 Å². The Bertz CT molecular complexity index is 304. The molecule has 0 radical (unpaired) electrons. The highest BCUT2D eigenvalue weighted by Gasteiger charge is 2.26. The normalized spacial score (nSPS) is 13.8. The highest BCUT2D eigenvalue weighted by Crippen LogP contribution is 2.05. The number of esters is 2. The Balaban J connectivity index is 4.14. The summed E-state index contributed by atoms with van der Waals surface area (Å²) in [6.45, 7) is 3.90. The van der Waals surface area contributed by atoms with Crippen LogP contribution in [0.2, 0.25) is 0 Å². The van der Waals surface area contributed by atoms with Gasteiger partial charge in [0.1, 0.15) is 6.04 Å². The van der Waals surface area contributed by atoms with Crippen molar-refractivity contribution in [3.63, 3.8) is 0 Å². The Labute approximate surface area is 107 Å². The van der Waals surface area contributed by atoms with Crippen LogP contribution in [0, 0.1) is 5.92 Å². The van der Waals surface area contributed by atoms with Gasteiger partial charge in [0.25, 0.3) is 0 Å². The number of ether oxygens (including phenoxy) is 1. The number of unbranched alkanes of at least 4 members (excludes halogenated alkanes) is 1. The molecule has 6 nitrogen and oxygen atoms in total. The van der Waals surface area contributed by atoms with Crippen molar-refractivity contribution < 1.29 is 19.1 Å². The maximum atomic E-state index is 11.4. The molecule has 104 valence electrons. The Hall–Kier alpha value is -1.27. The SMILES string of the molecule is CCC(C)C(=O)C(=O)OC(=O)[C@@H](N)CCCCN. The smallest absolute Gasteiger partial charge is 0.382 e. The van der Waals surface area contributed by atoms with Crippen LogP contribution in [-0.4, -0.2) is 30.3 Å². The van der Waals surface area contributed by atoms with Crippen molar-refractivity contribution in [2.45, 2.75) is 45.6 Å². The van der Waals surface area contributed by atoms with Crippen molar-refractivity contribution in [3.05, 3.63) is 0 Å². The molecule has 2 atom stereocenters. The molecule has 0 aromatic heterocycles. The number of hydrogen-bond donors (Lipinski definition) is 2. The van der Waals surface area contributed by atoms with E-state index in [1.165, 1.54) is 0 Å². The van der Waals surface area contributed by atoms with Gasteiger partial charge in [-0.1, -0.05) is 20.3 Å². The zero-order valence-corrected chi connectivity index (χ0v) is 11.0. The first kappa shape index (κ1) is 16.7. The van der Waals surface area contributed by atoms with Gasteiger partial charge in [-0.05, 0) is 25.8 Å². The van der Waals surface area contributed by atoms with Crippen molar-refractivity contribution in [2.24, 2.45) is 17.4 Å². The van der Waals surface area contributed by atoms with Gasteiger partial charge >= 0.3 is 11.9 Å². The van der Waals surface area contributed by atoms with Crippen LogP contribution in [-0.2, 0) is 19.1 Å². The molecule has 1 unspecified atom stereocenters. The summed E-state index contributed by atoms with van der Waals surface area (Å²) < 4.78 is 4.44. The number of ketones is 1. The predicted octanol–water partition coefficient (Wildman–Crippen LogP) is 0.128. The van der Waals surface area contributed by atoms with Crippen molar-refractivity contribution >= 4 is 17.7 Å². The lowest BCUT2D eigenvalue weighted by molar-refractivity contribution is -0.166. The van der Waals surface area contributed by atoms with Gasteiger partial charge in [-0.2, -0.15) is 0 Å². The molecule has 0 saturated carbocycles. The van der Waals surface area contributed by atoms with E-state index in [0.717, 1.165) is 6.42 Å². The van der Waals surface area contributed by atoms with E-state index in [0.29, 0.717) is 25.8 Å². The Morgan fingerprint density at radius 2 is 1.83 bits per heavy atom. The number of Topliss-reactive ketones (excluding diaryl/α,β-unsaturated/α-hetero) is 1. The minimum absolute atomic E-state index is 0.390. The summed E-state index contributed by atoms with van der Waals surface area (Å²) in [4.78, 5) is 34.1. The van der Waals surface area contributed by atoms with Crippen molar-refractivity contribution in [1.29, 1.82) is 0 Å². The molecule has 18 heavy (non-hydrogen) atoms. The third-order valence-electron chi connectivity index (χ3n) is 2.73. The molecule has 0 saturated heterocycles. The van der Waals surface area contributed by atoms with Crippen LogP contribution in [0.4, 0.5) is 0 Å². The minimum Gasteiger partial charge on any atom is -0.386 e. The molecule has 0 spiro atoms. The van der Waals surface area contributed by atoms with E-state index < -0.39 is 29.7 Å². The van der Waals surface area contributed by atoms with Crippen molar-refractivity contribution in [3.8, 4) is 0 Å². The van der Waals surface area contributed by atoms with Gasteiger partial charge in [0.05, 0.1) is 0 Å². The largest absolute Gasteiger partial charge is 0.386 e. The zero-order valence-electron chi connectivity index (χ0n) is 11.0. The first-order valence-electron chi connectivity index (χ1n) is 6.19. The van der Waals surface area contributed by atoms with E-state index >= 15 is 0 Å². The maximum Gasteiger partial charge on any atom is 0.382 e. The standard InChI is InChI=1S/C12H22N2O4/c1-3-8(2)10(15)12(17)18-11(16)9(14)6-4-5-7-13/h8-9H,3-7,13-14H2,1-2H3/t8?,9-/m0/s1. The lowest BCUT2D eigenvalue weighted by atomic mass is 10.0. The molecule has 0 aliphatic rings. The molecule has 0 bridgehead atoms. The van der Waals surface area contributed by atoms with E-state index in [1.54, 1.807) is 13.8 Å². The van der Waals surface area contributed by atoms with Crippen LogP contribution in [0.15, 0.2) is 0 Å². The first-order chi connectivity index (χ1) is 8.43. The van der Waals surface area contributed by atoms with E-state index in [9.17, 15) is 14.4 Å². The van der Waals surface area contributed by atoms with Gasteiger partial charge in [0.15, 0.2) is 0 Å². The quantitative estimate of drug-likeness (QED) is 0.277. The number of carbonyl (C=O) groups is 3. The second kappa shape index (κ2) is 8.77. The summed E-state index contributed by atoms with van der Waals surface area (Å²) in [5, 5.41) is 0. The molecule has 0 aromatic carbocycles. The number of hydrogen-bond acceptors (Lipinski definition) is 6. The van der Waals surface area contributed by atoms with Gasteiger partial charge < -0.3 is 16.2 Å². The molecule has 0 aliphatic carbocycles. The first-order valence-corrected chi connectivity index (χ1v) is 6.19. The molecule has 0 rings (SSSR count). The number of rotatable bonds is 8. The third-order valence-corrected chi connectivity index (χ3v) is 2.73. The second-order valence-corrected chi connectivity index (χ2v) is 4.27. The fraction of sp³-hybridized carbons (Fsp3) is 0.750. The van der Waals surface area contributed by atoms with E-state index in [-0.39, 0.29) is 0 Å². The minimum atomic E-state index is -1.12. The second-order valence-electron chi connectivity index (χ2n) is 4.27. The molecular weight excluding hydrogens is 236 g/mol. The number of nitrogens with two attached hydrogens (primary N) is 2. The van der Waals surface area contributed by atoms with Gasteiger partial charge in [0.2, 0.25) is 5.78 Å². The van der Waals surface area contributed by atoms with E-state index in [4.69, 9.17) is 11.5 Å². The van der Waals surface area contributed by atoms with Crippen LogP contribution in [0.3, 0.4) is 0 Å². The van der Waals surface area contributed by atoms with Gasteiger partial charge in [-0.25, -0.2) is 9.59 Å². The summed E-state index contributed by atoms with van der Waals surface area (Å²) in [6, 6.07) is -0.884. The Morgan fingerprint density at radius 3 is 2.33 bits per heavy atom. The molecule has 4 N–H and O–H groups in total. The van der Waals surface area contributed by atoms with Crippen LogP contribution >= 0.6 is 0 Å². The molecule has 0 fully saturated rings. The fourth-order valence-electron chi connectivity index (χ4n) is 1.23. The molecule has 0 aliphatic heterocycles. The Kier molecular flexibility index (Phi) is 8.15. The summed E-state index contributed by atoms with van der Waals surface area (Å²) in [6.07, 6.45) is 2.34. The maximum absolute atomic E-state index is 11.4. The molecule has 0 heterocycles. The molecule has 6 heteroatoms. The summed E-state index contributed by atoms with van der Waals surface area (Å²) in [5.41, 5.74) is 10.8. The van der Waals surface area contributed by atoms with Crippen LogP contribution in [0.25, 0.3) is 0 Å². The van der Waals surface area contributed by atoms with Gasteiger partial charge in [-0.3, -0.25) is 4.79 Å². The molecular formula is C12H22N2O4. The summed E-state index contributed by atoms with van der Waals surface area (Å²) in [5.74, 6) is -3.11. The van der Waals surface area contributed by atoms with Crippen LogP contribution in [0.5, 0.6) is 0 Å². The monoisotopic (exact) mass is 258 g/mol. The van der Waals surface area contributed by atoms with E-state index in [2.05, 4.69) is 4.74 Å². The molecule has 0 amide bonds. The van der Waals surface area contributed by atoms with Crippen LogP contribution in [0.1, 0.15) is 39.5 Å². The fourth-order valence-corrected chi connectivity index (χ4v) is 1.23. The average Bonchev–Trinajstić information content (AvgIpc) is 2.36. The molecule has 0 aromatic rings. The highest BCUT2D eigenvalue weighted by atomic mass is 16.6. The third kappa shape index (κ3) is 5.88. The van der Waals surface area contributed by atoms with E-state index in [1.807, 2.05) is 0 Å². The zero-order chi connectivity index (χ0) is 14.1. The summed E-state index contributed by atoms with van der Waals surface area (Å²) in [7, 11) is 0. The average molecular weight is 258 g/mol. The van der Waals surface area contributed by atoms with Gasteiger partial charge in [-0.15, -0.1) is 0 Å². The predicted molar refractivity (Wildman–Crippen MR) is 66.4 cm³/mol. The highest BCUT2D eigenvalue weighted by molar-refractivity contribution is 6.36. The lowest BCUT2D eigenvalue weighted by Crippen LogP contribution is -2.36. The van der Waals surface area contributed by atoms with Crippen molar-refractivity contribution in [1.82, 2.24) is 0 Å². The lowest BCUT2D eigenvalue weighted by Gasteiger charge is -2.10. The topological polar surface area (TPSA) is 112 Å². The Morgan fingerprint density at radius 1 is 1.22 bits per heavy atom. The number of carbonyl (C=O) groups excluding carboxylic acids is 3. The summed E-state index contributed by atoms with van der Waals surface area (Å²) >= 11 is 0. The van der Waals surface area contributed by atoms with Gasteiger partial charge in [0, 0.05) is 5.92 Å². The van der Waals surface area contributed by atoms with Crippen molar-refractivity contribution in [2.75, 3.05) is 6.54 Å².